The SMILES string of the molecule is O=C(Cc1ccc(F)cc1)NNC(=O)NCC1(c2ccccc2F)CC1. The molecule has 0 saturated heterocycles. The van der Waals surface area contributed by atoms with Gasteiger partial charge in [0.1, 0.15) is 11.6 Å². The summed E-state index contributed by atoms with van der Waals surface area (Å²) in [6.45, 7) is 0.285. The van der Waals surface area contributed by atoms with Crippen molar-refractivity contribution in [3.05, 3.63) is 71.3 Å². The topological polar surface area (TPSA) is 70.2 Å². The highest BCUT2D eigenvalue weighted by atomic mass is 19.1. The van der Waals surface area contributed by atoms with Gasteiger partial charge in [-0.1, -0.05) is 30.3 Å². The molecule has 1 saturated carbocycles. The van der Waals surface area contributed by atoms with Gasteiger partial charge in [0, 0.05) is 12.0 Å². The standard InChI is InChI=1S/C19H19F2N3O2/c20-14-7-5-13(6-8-14)11-17(25)23-24-18(26)22-12-19(9-10-19)15-3-1-2-4-16(15)21/h1-8H,9-12H2,(H,23,25)(H2,22,24,26). The zero-order valence-electron chi connectivity index (χ0n) is 14.0. The summed E-state index contributed by atoms with van der Waals surface area (Å²) >= 11 is 0. The molecule has 2 aromatic carbocycles. The smallest absolute Gasteiger partial charge is 0.333 e. The Hall–Kier alpha value is -2.96. The van der Waals surface area contributed by atoms with Gasteiger partial charge in [-0.15, -0.1) is 0 Å². The van der Waals surface area contributed by atoms with Crippen molar-refractivity contribution in [2.75, 3.05) is 6.54 Å². The van der Waals surface area contributed by atoms with Crippen LogP contribution in [-0.2, 0) is 16.6 Å². The molecular formula is C19H19F2N3O2. The number of nitrogens with one attached hydrogen (secondary N) is 3. The Bertz CT molecular complexity index is 805. The molecule has 136 valence electrons. The summed E-state index contributed by atoms with van der Waals surface area (Å²) in [5.41, 5.74) is 5.40. The first-order valence-electron chi connectivity index (χ1n) is 8.31. The highest BCUT2D eigenvalue weighted by Gasteiger charge is 2.46. The molecule has 0 radical (unpaired) electrons. The van der Waals surface area contributed by atoms with Gasteiger partial charge in [0.15, 0.2) is 0 Å². The maximum absolute atomic E-state index is 13.9. The van der Waals surface area contributed by atoms with Crippen LogP contribution in [0.2, 0.25) is 0 Å². The Morgan fingerprint density at radius 2 is 1.65 bits per heavy atom. The third-order valence-corrected chi connectivity index (χ3v) is 4.48. The van der Waals surface area contributed by atoms with Crippen molar-refractivity contribution >= 4 is 11.9 Å². The van der Waals surface area contributed by atoms with Gasteiger partial charge in [-0.3, -0.25) is 10.2 Å². The Morgan fingerprint density at radius 3 is 2.31 bits per heavy atom. The number of carbonyl (C=O) groups excluding carboxylic acids is 2. The highest BCUT2D eigenvalue weighted by Crippen LogP contribution is 2.48. The minimum Gasteiger partial charge on any atom is -0.336 e. The van der Waals surface area contributed by atoms with E-state index in [9.17, 15) is 18.4 Å². The number of halogens is 2. The molecule has 0 aromatic heterocycles. The zero-order valence-corrected chi connectivity index (χ0v) is 14.0. The number of hydrogen-bond donors (Lipinski definition) is 3. The molecule has 0 spiro atoms. The lowest BCUT2D eigenvalue weighted by Crippen LogP contribution is -2.49. The van der Waals surface area contributed by atoms with Crippen LogP contribution in [-0.4, -0.2) is 18.5 Å². The Morgan fingerprint density at radius 1 is 0.962 bits per heavy atom. The van der Waals surface area contributed by atoms with Crippen molar-refractivity contribution in [2.24, 2.45) is 0 Å². The Kier molecular flexibility index (Phi) is 5.16. The Balaban J connectivity index is 1.44. The molecule has 0 heterocycles. The van der Waals surface area contributed by atoms with E-state index in [-0.39, 0.29) is 30.0 Å². The predicted molar refractivity (Wildman–Crippen MR) is 92.1 cm³/mol. The lowest BCUT2D eigenvalue weighted by Gasteiger charge is -2.17. The summed E-state index contributed by atoms with van der Waals surface area (Å²) in [7, 11) is 0. The van der Waals surface area contributed by atoms with Gasteiger partial charge < -0.3 is 5.32 Å². The van der Waals surface area contributed by atoms with Crippen LogP contribution in [0, 0.1) is 11.6 Å². The average molecular weight is 359 g/mol. The molecule has 1 fully saturated rings. The van der Waals surface area contributed by atoms with Crippen LogP contribution in [0.15, 0.2) is 48.5 Å². The molecule has 26 heavy (non-hydrogen) atoms. The van der Waals surface area contributed by atoms with Crippen molar-refractivity contribution in [3.63, 3.8) is 0 Å². The van der Waals surface area contributed by atoms with Gasteiger partial charge in [-0.05, 0) is 42.2 Å². The maximum atomic E-state index is 13.9. The summed E-state index contributed by atoms with van der Waals surface area (Å²) in [4.78, 5) is 23.6. The fourth-order valence-corrected chi connectivity index (χ4v) is 2.84. The van der Waals surface area contributed by atoms with Crippen molar-refractivity contribution in [2.45, 2.75) is 24.7 Å². The van der Waals surface area contributed by atoms with Gasteiger partial charge in [-0.25, -0.2) is 19.0 Å². The van der Waals surface area contributed by atoms with Crippen LogP contribution in [0.3, 0.4) is 0 Å². The summed E-state index contributed by atoms with van der Waals surface area (Å²) < 4.78 is 26.7. The van der Waals surface area contributed by atoms with Gasteiger partial charge in [-0.2, -0.15) is 0 Å². The number of urea groups is 1. The molecule has 0 aliphatic heterocycles. The lowest BCUT2D eigenvalue weighted by atomic mass is 9.95. The number of amides is 3. The first-order chi connectivity index (χ1) is 12.5. The van der Waals surface area contributed by atoms with Crippen LogP contribution < -0.4 is 16.2 Å². The summed E-state index contributed by atoms with van der Waals surface area (Å²) in [6.07, 6.45) is 1.61. The summed E-state index contributed by atoms with van der Waals surface area (Å²) in [5.74, 6) is -1.09. The second-order valence-corrected chi connectivity index (χ2v) is 6.42. The third-order valence-electron chi connectivity index (χ3n) is 4.48. The van der Waals surface area contributed by atoms with Gasteiger partial charge in [0.25, 0.3) is 0 Å². The molecule has 1 aliphatic carbocycles. The molecule has 7 heteroatoms. The van der Waals surface area contributed by atoms with E-state index in [1.807, 2.05) is 0 Å². The van der Waals surface area contributed by atoms with E-state index in [0.717, 1.165) is 12.8 Å². The average Bonchev–Trinajstić information content (AvgIpc) is 3.41. The van der Waals surface area contributed by atoms with Crippen LogP contribution in [0.25, 0.3) is 0 Å². The molecule has 3 N–H and O–H groups in total. The van der Waals surface area contributed by atoms with E-state index in [2.05, 4.69) is 16.2 Å². The fraction of sp³-hybridized carbons (Fsp3) is 0.263. The molecule has 5 nitrogen and oxygen atoms in total. The van der Waals surface area contributed by atoms with Crippen molar-refractivity contribution in [1.29, 1.82) is 0 Å². The van der Waals surface area contributed by atoms with Crippen LogP contribution in [0.5, 0.6) is 0 Å². The molecule has 0 atom stereocenters. The zero-order chi connectivity index (χ0) is 18.6. The lowest BCUT2D eigenvalue weighted by molar-refractivity contribution is -0.121. The molecule has 0 unspecified atom stereocenters. The van der Waals surface area contributed by atoms with Gasteiger partial charge in [0.2, 0.25) is 5.91 Å². The van der Waals surface area contributed by atoms with E-state index < -0.39 is 11.9 Å². The van der Waals surface area contributed by atoms with Crippen molar-refractivity contribution < 1.29 is 18.4 Å². The van der Waals surface area contributed by atoms with Gasteiger partial charge >= 0.3 is 6.03 Å². The molecule has 1 aliphatic rings. The van der Waals surface area contributed by atoms with Crippen LogP contribution in [0.1, 0.15) is 24.0 Å². The normalized spacial score (nSPS) is 14.4. The third kappa shape index (κ3) is 4.36. The second-order valence-electron chi connectivity index (χ2n) is 6.42. The fourth-order valence-electron chi connectivity index (χ4n) is 2.84. The maximum Gasteiger partial charge on any atom is 0.333 e. The second kappa shape index (κ2) is 7.51. The molecular weight excluding hydrogens is 340 g/mol. The molecule has 2 aromatic rings. The van der Waals surface area contributed by atoms with E-state index in [1.165, 1.54) is 30.3 Å². The number of hydrogen-bond acceptors (Lipinski definition) is 2. The first kappa shape index (κ1) is 17.8. The van der Waals surface area contributed by atoms with E-state index in [1.54, 1.807) is 18.2 Å². The number of carbonyl (C=O) groups is 2. The molecule has 3 rings (SSSR count). The minimum absolute atomic E-state index is 0.0136. The van der Waals surface area contributed by atoms with E-state index >= 15 is 0 Å². The summed E-state index contributed by atoms with van der Waals surface area (Å²) in [5, 5.41) is 2.66. The Labute approximate surface area is 149 Å². The van der Waals surface area contributed by atoms with Crippen LogP contribution in [0.4, 0.5) is 13.6 Å². The number of rotatable bonds is 5. The van der Waals surface area contributed by atoms with Crippen molar-refractivity contribution in [1.82, 2.24) is 16.2 Å². The predicted octanol–water partition coefficient (Wildman–Crippen LogP) is 2.57. The van der Waals surface area contributed by atoms with Crippen molar-refractivity contribution in [3.8, 4) is 0 Å². The summed E-state index contributed by atoms with van der Waals surface area (Å²) in [6, 6.07) is 11.5. The highest BCUT2D eigenvalue weighted by molar-refractivity contribution is 5.82. The number of benzene rings is 2. The van der Waals surface area contributed by atoms with Gasteiger partial charge in [0.05, 0.1) is 6.42 Å². The van der Waals surface area contributed by atoms with Crippen LogP contribution >= 0.6 is 0 Å². The first-order valence-corrected chi connectivity index (χ1v) is 8.31. The quantitative estimate of drug-likeness (QED) is 0.718. The van der Waals surface area contributed by atoms with E-state index in [0.29, 0.717) is 11.1 Å². The largest absolute Gasteiger partial charge is 0.336 e. The monoisotopic (exact) mass is 359 g/mol. The minimum atomic E-state index is -0.569. The van der Waals surface area contributed by atoms with E-state index in [4.69, 9.17) is 0 Å². The molecule has 3 amide bonds. The molecule has 0 bridgehead atoms. The number of hydrazine groups is 1.